The van der Waals surface area contributed by atoms with Crippen LogP contribution >= 0.6 is 0 Å². The molecule has 2 N–H and O–H groups in total. The molecule has 2 unspecified atom stereocenters. The number of likely N-dealkylation sites (tertiary alicyclic amines) is 1. The van der Waals surface area contributed by atoms with Crippen LogP contribution in [0.15, 0.2) is 0 Å². The van der Waals surface area contributed by atoms with E-state index in [2.05, 4.69) is 0 Å². The first-order valence-electron chi connectivity index (χ1n) is 6.60. The minimum atomic E-state index is -0.427. The number of carbonyl (C=O) groups excluding carboxylic acids is 1. The second-order valence-corrected chi connectivity index (χ2v) is 6.32. The Bertz CT molecular complexity index is 307. The van der Waals surface area contributed by atoms with Crippen molar-refractivity contribution in [2.24, 2.45) is 11.7 Å². The summed E-state index contributed by atoms with van der Waals surface area (Å²) in [7, 11) is 0. The number of nitrogens with zero attached hydrogens (tertiary/aromatic N) is 1. The Hall–Kier alpha value is -0.770. The zero-order valence-corrected chi connectivity index (χ0v) is 11.2. The van der Waals surface area contributed by atoms with Crippen molar-refractivity contribution in [2.75, 3.05) is 13.1 Å². The highest BCUT2D eigenvalue weighted by molar-refractivity contribution is 5.70. The van der Waals surface area contributed by atoms with Crippen LogP contribution in [0.4, 0.5) is 4.79 Å². The molecule has 1 aliphatic heterocycles. The fourth-order valence-corrected chi connectivity index (χ4v) is 3.14. The molecule has 2 fully saturated rings. The third kappa shape index (κ3) is 2.15. The van der Waals surface area contributed by atoms with Crippen molar-refractivity contribution in [1.29, 1.82) is 0 Å². The number of nitrogens with two attached hydrogens (primary N) is 1. The number of piperidine rings is 1. The summed E-state index contributed by atoms with van der Waals surface area (Å²) >= 11 is 0. The standard InChI is InChI=1S/C13H24N2O2/c1-12(2,3)17-11(16)15-8-4-5-10-6-7-13(10,15)9-14/h10H,4-9,14H2,1-3H3. The number of amides is 1. The van der Waals surface area contributed by atoms with Gasteiger partial charge in [0.05, 0.1) is 5.54 Å². The zero-order chi connectivity index (χ0) is 12.7. The molecule has 17 heavy (non-hydrogen) atoms. The lowest BCUT2D eigenvalue weighted by molar-refractivity contribution is -0.0771. The second kappa shape index (κ2) is 4.16. The maximum atomic E-state index is 12.2. The van der Waals surface area contributed by atoms with Gasteiger partial charge >= 0.3 is 6.09 Å². The van der Waals surface area contributed by atoms with Gasteiger partial charge in [0.2, 0.25) is 0 Å². The van der Waals surface area contributed by atoms with Crippen LogP contribution in [0.5, 0.6) is 0 Å². The highest BCUT2D eigenvalue weighted by Gasteiger charge is 2.54. The number of fused-ring (bicyclic) bond motifs is 1. The van der Waals surface area contributed by atoms with Gasteiger partial charge in [-0.15, -0.1) is 0 Å². The van der Waals surface area contributed by atoms with Crippen LogP contribution in [0.1, 0.15) is 46.5 Å². The third-order valence-corrected chi connectivity index (χ3v) is 4.12. The summed E-state index contributed by atoms with van der Waals surface area (Å²) < 4.78 is 5.49. The van der Waals surface area contributed by atoms with Crippen molar-refractivity contribution in [1.82, 2.24) is 4.90 Å². The molecular formula is C13H24N2O2. The molecule has 1 heterocycles. The molecule has 2 aliphatic rings. The smallest absolute Gasteiger partial charge is 0.410 e. The molecule has 98 valence electrons. The molecule has 0 bridgehead atoms. The van der Waals surface area contributed by atoms with Gasteiger partial charge in [0, 0.05) is 13.1 Å². The van der Waals surface area contributed by atoms with Gasteiger partial charge < -0.3 is 15.4 Å². The first kappa shape index (κ1) is 12.7. The van der Waals surface area contributed by atoms with Crippen molar-refractivity contribution in [3.63, 3.8) is 0 Å². The molecule has 0 aromatic carbocycles. The van der Waals surface area contributed by atoms with E-state index in [-0.39, 0.29) is 11.6 Å². The van der Waals surface area contributed by atoms with Crippen LogP contribution < -0.4 is 5.73 Å². The number of hydrogen-bond acceptors (Lipinski definition) is 3. The molecule has 0 radical (unpaired) electrons. The number of hydrogen-bond donors (Lipinski definition) is 1. The SMILES string of the molecule is CC(C)(C)OC(=O)N1CCCC2CCC21CN. The molecule has 2 rings (SSSR count). The van der Waals surface area contributed by atoms with Crippen molar-refractivity contribution in [2.45, 2.75) is 57.6 Å². The molecule has 0 spiro atoms. The Morgan fingerprint density at radius 1 is 1.47 bits per heavy atom. The predicted molar refractivity (Wildman–Crippen MR) is 66.7 cm³/mol. The molecule has 0 aromatic heterocycles. The quantitative estimate of drug-likeness (QED) is 0.764. The van der Waals surface area contributed by atoms with Crippen LogP contribution in [0.25, 0.3) is 0 Å². The molecule has 0 aromatic rings. The Morgan fingerprint density at radius 3 is 2.65 bits per heavy atom. The molecule has 1 amide bonds. The van der Waals surface area contributed by atoms with Crippen molar-refractivity contribution in [3.05, 3.63) is 0 Å². The van der Waals surface area contributed by atoms with E-state index in [0.29, 0.717) is 12.5 Å². The van der Waals surface area contributed by atoms with Gasteiger partial charge in [0.1, 0.15) is 5.60 Å². The lowest BCUT2D eigenvalue weighted by Crippen LogP contribution is -2.68. The van der Waals surface area contributed by atoms with Gasteiger partial charge in [-0.1, -0.05) is 0 Å². The summed E-state index contributed by atoms with van der Waals surface area (Å²) in [5, 5.41) is 0. The third-order valence-electron chi connectivity index (χ3n) is 4.12. The van der Waals surface area contributed by atoms with E-state index in [1.54, 1.807) is 0 Å². The summed E-state index contributed by atoms with van der Waals surface area (Å²) in [6.07, 6.45) is 4.33. The van der Waals surface area contributed by atoms with Crippen molar-refractivity contribution >= 4 is 6.09 Å². The van der Waals surface area contributed by atoms with Gasteiger partial charge in [0.25, 0.3) is 0 Å². The predicted octanol–water partition coefficient (Wildman–Crippen LogP) is 2.12. The zero-order valence-electron chi connectivity index (χ0n) is 11.2. The van der Waals surface area contributed by atoms with Crippen molar-refractivity contribution < 1.29 is 9.53 Å². The second-order valence-electron chi connectivity index (χ2n) is 6.32. The van der Waals surface area contributed by atoms with E-state index in [1.165, 1.54) is 12.8 Å². The van der Waals surface area contributed by atoms with E-state index in [9.17, 15) is 4.79 Å². The monoisotopic (exact) mass is 240 g/mol. The van der Waals surface area contributed by atoms with E-state index >= 15 is 0 Å². The first-order valence-corrected chi connectivity index (χ1v) is 6.60. The average Bonchev–Trinajstić information content (AvgIpc) is 2.17. The summed E-state index contributed by atoms with van der Waals surface area (Å²) in [5.74, 6) is 0.591. The fourth-order valence-electron chi connectivity index (χ4n) is 3.14. The number of carbonyl (C=O) groups is 1. The van der Waals surface area contributed by atoms with E-state index in [0.717, 1.165) is 19.4 Å². The largest absolute Gasteiger partial charge is 0.444 e. The molecule has 1 saturated heterocycles. The maximum Gasteiger partial charge on any atom is 0.410 e. The first-order chi connectivity index (χ1) is 7.89. The van der Waals surface area contributed by atoms with Gasteiger partial charge in [-0.2, -0.15) is 0 Å². The molecule has 2 atom stereocenters. The lowest BCUT2D eigenvalue weighted by Gasteiger charge is -2.58. The fraction of sp³-hybridized carbons (Fsp3) is 0.923. The van der Waals surface area contributed by atoms with Gasteiger partial charge in [-0.25, -0.2) is 4.79 Å². The normalized spacial score (nSPS) is 32.7. The number of rotatable bonds is 1. The van der Waals surface area contributed by atoms with Gasteiger partial charge in [-0.3, -0.25) is 0 Å². The molecule has 4 nitrogen and oxygen atoms in total. The number of ether oxygens (including phenoxy) is 1. The van der Waals surface area contributed by atoms with E-state index < -0.39 is 5.60 Å². The summed E-state index contributed by atoms with van der Waals surface area (Å²) in [5.41, 5.74) is 5.40. The highest BCUT2D eigenvalue weighted by Crippen LogP contribution is 2.48. The highest BCUT2D eigenvalue weighted by atomic mass is 16.6. The van der Waals surface area contributed by atoms with Crippen LogP contribution in [0, 0.1) is 5.92 Å². The average molecular weight is 240 g/mol. The summed E-state index contributed by atoms with van der Waals surface area (Å²) in [6, 6.07) is 0. The van der Waals surface area contributed by atoms with Crippen LogP contribution in [0.2, 0.25) is 0 Å². The molecule has 4 heteroatoms. The van der Waals surface area contributed by atoms with Gasteiger partial charge in [-0.05, 0) is 52.4 Å². The minimum Gasteiger partial charge on any atom is -0.444 e. The van der Waals surface area contributed by atoms with Crippen molar-refractivity contribution in [3.8, 4) is 0 Å². The van der Waals surface area contributed by atoms with Crippen LogP contribution in [-0.2, 0) is 4.74 Å². The molecule has 1 saturated carbocycles. The van der Waals surface area contributed by atoms with Crippen LogP contribution in [0.3, 0.4) is 0 Å². The summed E-state index contributed by atoms with van der Waals surface area (Å²) in [6.45, 7) is 7.08. The topological polar surface area (TPSA) is 55.6 Å². The summed E-state index contributed by atoms with van der Waals surface area (Å²) in [4.78, 5) is 14.1. The Morgan fingerprint density at radius 2 is 2.18 bits per heavy atom. The molecule has 1 aliphatic carbocycles. The maximum absolute atomic E-state index is 12.2. The van der Waals surface area contributed by atoms with Crippen LogP contribution in [-0.4, -0.2) is 35.2 Å². The minimum absolute atomic E-state index is 0.0966. The molecular weight excluding hydrogens is 216 g/mol. The van der Waals surface area contributed by atoms with E-state index in [4.69, 9.17) is 10.5 Å². The Balaban J connectivity index is 2.10. The lowest BCUT2D eigenvalue weighted by atomic mass is 9.62. The Labute approximate surface area is 103 Å². The Kier molecular flexibility index (Phi) is 3.10. The van der Waals surface area contributed by atoms with Gasteiger partial charge in [0.15, 0.2) is 0 Å². The van der Waals surface area contributed by atoms with E-state index in [1.807, 2.05) is 25.7 Å².